The molecular weight excluding hydrogens is 793 g/mol. The number of allylic oxidation sites excluding steroid dienone is 14. The van der Waals surface area contributed by atoms with E-state index >= 15 is 0 Å². The van der Waals surface area contributed by atoms with Gasteiger partial charge in [0.15, 0.2) is 6.10 Å². The Kier molecular flexibility index (Phi) is 49.4. The van der Waals surface area contributed by atoms with Crippen molar-refractivity contribution in [3.63, 3.8) is 0 Å². The van der Waals surface area contributed by atoms with Gasteiger partial charge in [-0.2, -0.15) is 0 Å². The average Bonchev–Trinajstić information content (AvgIpc) is 3.29. The second-order valence-corrected chi connectivity index (χ2v) is 17.5. The van der Waals surface area contributed by atoms with E-state index in [-0.39, 0.29) is 31.1 Å². The molecule has 1 atom stereocenters. The number of carbonyl (C=O) groups is 3. The van der Waals surface area contributed by atoms with Crippen LogP contribution < -0.4 is 0 Å². The first kappa shape index (κ1) is 60.6. The summed E-state index contributed by atoms with van der Waals surface area (Å²) in [5, 5.41) is 0. The SMILES string of the molecule is CC/C=C/C=C/C=C/C=C/CCCCCC(=O)OCC(COC(=O)CCCCCCC/C=C/C=C/CCCCCCCCC)OC(=O)CCCCCCCCC/C=C/CCCCCC. The molecule has 366 valence electrons. The highest BCUT2D eigenvalue weighted by atomic mass is 16.6. The van der Waals surface area contributed by atoms with Crippen LogP contribution in [-0.4, -0.2) is 37.2 Å². The lowest BCUT2D eigenvalue weighted by Gasteiger charge is -2.18. The van der Waals surface area contributed by atoms with Crippen LogP contribution in [0.2, 0.25) is 0 Å². The number of ether oxygens (including phenoxy) is 3. The van der Waals surface area contributed by atoms with Crippen molar-refractivity contribution >= 4 is 17.9 Å². The van der Waals surface area contributed by atoms with Crippen LogP contribution in [0, 0.1) is 0 Å². The van der Waals surface area contributed by atoms with Crippen molar-refractivity contribution in [3.05, 3.63) is 85.1 Å². The summed E-state index contributed by atoms with van der Waals surface area (Å²) < 4.78 is 16.8. The molecule has 0 aromatic carbocycles. The molecule has 0 aromatic heterocycles. The summed E-state index contributed by atoms with van der Waals surface area (Å²) in [6.07, 6.45) is 67.1. The van der Waals surface area contributed by atoms with Crippen LogP contribution in [0.4, 0.5) is 0 Å². The van der Waals surface area contributed by atoms with E-state index in [2.05, 4.69) is 69.4 Å². The van der Waals surface area contributed by atoms with E-state index in [0.717, 1.165) is 89.9 Å². The van der Waals surface area contributed by atoms with Crippen LogP contribution in [0.5, 0.6) is 0 Å². The Morgan fingerprint density at radius 1 is 0.328 bits per heavy atom. The van der Waals surface area contributed by atoms with E-state index in [1.165, 1.54) is 116 Å². The van der Waals surface area contributed by atoms with Gasteiger partial charge in [0, 0.05) is 19.3 Å². The van der Waals surface area contributed by atoms with E-state index in [0.29, 0.717) is 19.3 Å². The molecule has 0 N–H and O–H groups in total. The lowest BCUT2D eigenvalue weighted by Crippen LogP contribution is -2.30. The fourth-order valence-electron chi connectivity index (χ4n) is 7.20. The summed E-state index contributed by atoms with van der Waals surface area (Å²) >= 11 is 0. The Balaban J connectivity index is 4.46. The van der Waals surface area contributed by atoms with Gasteiger partial charge in [-0.15, -0.1) is 0 Å². The zero-order valence-corrected chi connectivity index (χ0v) is 41.8. The van der Waals surface area contributed by atoms with Gasteiger partial charge < -0.3 is 14.2 Å². The molecule has 0 amide bonds. The van der Waals surface area contributed by atoms with E-state index in [1.54, 1.807) is 0 Å². The minimum Gasteiger partial charge on any atom is -0.462 e. The highest BCUT2D eigenvalue weighted by molar-refractivity contribution is 5.71. The van der Waals surface area contributed by atoms with Crippen molar-refractivity contribution in [3.8, 4) is 0 Å². The second-order valence-electron chi connectivity index (χ2n) is 17.5. The summed E-state index contributed by atoms with van der Waals surface area (Å²) in [5.74, 6) is -0.957. The van der Waals surface area contributed by atoms with Gasteiger partial charge in [-0.25, -0.2) is 0 Å². The molecule has 6 nitrogen and oxygen atoms in total. The van der Waals surface area contributed by atoms with Crippen molar-refractivity contribution in [2.45, 2.75) is 252 Å². The maximum absolute atomic E-state index is 12.8. The van der Waals surface area contributed by atoms with Crippen molar-refractivity contribution in [2.75, 3.05) is 13.2 Å². The third-order valence-corrected chi connectivity index (χ3v) is 11.2. The third-order valence-electron chi connectivity index (χ3n) is 11.2. The van der Waals surface area contributed by atoms with Crippen LogP contribution in [0.1, 0.15) is 245 Å². The Bertz CT molecular complexity index is 1250. The molecular formula is C58H98O6. The zero-order chi connectivity index (χ0) is 46.5. The highest BCUT2D eigenvalue weighted by Gasteiger charge is 2.19. The minimum absolute atomic E-state index is 0.0995. The molecule has 0 radical (unpaired) electrons. The summed E-state index contributed by atoms with van der Waals surface area (Å²) in [4.78, 5) is 38.0. The van der Waals surface area contributed by atoms with Crippen molar-refractivity contribution in [1.82, 2.24) is 0 Å². The molecule has 0 fully saturated rings. The van der Waals surface area contributed by atoms with Gasteiger partial charge >= 0.3 is 17.9 Å². The molecule has 0 aliphatic carbocycles. The monoisotopic (exact) mass is 891 g/mol. The number of carbonyl (C=O) groups excluding carboxylic acids is 3. The Morgan fingerprint density at radius 3 is 1.05 bits per heavy atom. The first-order chi connectivity index (χ1) is 31.5. The molecule has 0 bridgehead atoms. The van der Waals surface area contributed by atoms with Gasteiger partial charge in [-0.1, -0.05) is 221 Å². The summed E-state index contributed by atoms with van der Waals surface area (Å²) in [6.45, 7) is 6.43. The van der Waals surface area contributed by atoms with Gasteiger partial charge in [-0.05, 0) is 89.9 Å². The molecule has 0 rings (SSSR count). The molecule has 0 heterocycles. The smallest absolute Gasteiger partial charge is 0.306 e. The van der Waals surface area contributed by atoms with E-state index < -0.39 is 6.10 Å². The summed E-state index contributed by atoms with van der Waals surface area (Å²) in [5.41, 5.74) is 0. The van der Waals surface area contributed by atoms with Crippen LogP contribution in [-0.2, 0) is 28.6 Å². The van der Waals surface area contributed by atoms with Gasteiger partial charge in [0.25, 0.3) is 0 Å². The van der Waals surface area contributed by atoms with Gasteiger partial charge in [0.05, 0.1) is 0 Å². The topological polar surface area (TPSA) is 78.9 Å². The number of hydrogen-bond acceptors (Lipinski definition) is 6. The zero-order valence-electron chi connectivity index (χ0n) is 41.8. The standard InChI is InChI=1S/C58H98O6/c1-4-7-10-13-16-19-22-25-27-28-29-31-33-36-39-42-45-48-51-57(60)63-54-55(53-62-56(59)50-47-44-41-38-35-32-24-21-18-15-12-9-6-3)64-58(61)52-49-46-43-40-37-34-30-26-23-20-17-14-11-8-5-2/h9,12,15,18,20-21,23-24,27-29,31-32,35,55H,4-8,10-11,13-14,16-17,19,22,25-26,30,33-34,36-54H2,1-3H3/b12-9+,18-15+,23-20+,24-21+,28-27+,31-29+,35-32+. The normalized spacial score (nSPS) is 12.7. The van der Waals surface area contributed by atoms with Gasteiger partial charge in [-0.3, -0.25) is 14.4 Å². The Hall–Kier alpha value is -3.41. The lowest BCUT2D eigenvalue weighted by molar-refractivity contribution is -0.167. The molecule has 0 aliphatic rings. The number of esters is 3. The predicted octanol–water partition coefficient (Wildman–Crippen LogP) is 17.6. The van der Waals surface area contributed by atoms with Crippen molar-refractivity contribution < 1.29 is 28.6 Å². The first-order valence-corrected chi connectivity index (χ1v) is 26.7. The average molecular weight is 891 g/mol. The first-order valence-electron chi connectivity index (χ1n) is 26.7. The van der Waals surface area contributed by atoms with Crippen LogP contribution in [0.15, 0.2) is 85.1 Å². The molecule has 0 saturated heterocycles. The lowest BCUT2D eigenvalue weighted by atomic mass is 10.1. The van der Waals surface area contributed by atoms with Crippen LogP contribution in [0.25, 0.3) is 0 Å². The Labute approximate surface area is 395 Å². The quantitative estimate of drug-likeness (QED) is 0.0199. The third kappa shape index (κ3) is 49.6. The van der Waals surface area contributed by atoms with E-state index in [1.807, 2.05) is 36.5 Å². The predicted molar refractivity (Wildman–Crippen MR) is 274 cm³/mol. The van der Waals surface area contributed by atoms with E-state index in [9.17, 15) is 14.4 Å². The molecule has 64 heavy (non-hydrogen) atoms. The number of hydrogen-bond donors (Lipinski definition) is 0. The van der Waals surface area contributed by atoms with Gasteiger partial charge in [0.2, 0.25) is 0 Å². The maximum atomic E-state index is 12.8. The van der Waals surface area contributed by atoms with E-state index in [4.69, 9.17) is 14.2 Å². The highest BCUT2D eigenvalue weighted by Crippen LogP contribution is 2.14. The van der Waals surface area contributed by atoms with Crippen molar-refractivity contribution in [1.29, 1.82) is 0 Å². The molecule has 0 saturated carbocycles. The molecule has 0 spiro atoms. The largest absolute Gasteiger partial charge is 0.462 e. The molecule has 6 heteroatoms. The minimum atomic E-state index is -0.801. The number of rotatable bonds is 47. The molecule has 0 aliphatic heterocycles. The Morgan fingerprint density at radius 2 is 0.625 bits per heavy atom. The molecule has 0 aromatic rings. The van der Waals surface area contributed by atoms with Crippen LogP contribution in [0.3, 0.4) is 0 Å². The number of unbranched alkanes of at least 4 members (excludes halogenated alkanes) is 26. The summed E-state index contributed by atoms with van der Waals surface area (Å²) in [7, 11) is 0. The summed E-state index contributed by atoms with van der Waals surface area (Å²) in [6, 6.07) is 0. The fraction of sp³-hybridized carbons (Fsp3) is 0.707. The molecule has 1 unspecified atom stereocenters. The fourth-order valence-corrected chi connectivity index (χ4v) is 7.20. The maximum Gasteiger partial charge on any atom is 0.306 e. The van der Waals surface area contributed by atoms with Crippen molar-refractivity contribution in [2.24, 2.45) is 0 Å². The van der Waals surface area contributed by atoms with Gasteiger partial charge in [0.1, 0.15) is 13.2 Å². The van der Waals surface area contributed by atoms with Crippen LogP contribution >= 0.6 is 0 Å². The second kappa shape index (κ2) is 52.2.